The van der Waals surface area contributed by atoms with E-state index >= 15 is 0 Å². The number of phenolic OH excluding ortho intramolecular Hbond substituents is 1. The summed E-state index contributed by atoms with van der Waals surface area (Å²) in [6, 6.07) is 14.3. The number of amides is 1. The van der Waals surface area contributed by atoms with Gasteiger partial charge in [-0.15, -0.1) is 0 Å². The number of carbonyl (C=O) groups is 1. The molecular formula is C18H15N3O4. The smallest absolute Gasteiger partial charge is 0.311 e. The second-order valence-electron chi connectivity index (χ2n) is 5.28. The normalized spacial score (nSPS) is 12.1. The Morgan fingerprint density at radius 2 is 2.00 bits per heavy atom. The topological polar surface area (TPSA) is 116 Å². The van der Waals surface area contributed by atoms with Gasteiger partial charge >= 0.3 is 5.69 Å². The summed E-state index contributed by atoms with van der Waals surface area (Å²) in [6.07, 6.45) is 1.24. The summed E-state index contributed by atoms with van der Waals surface area (Å²) >= 11 is 0. The second-order valence-corrected chi connectivity index (χ2v) is 5.28. The molecule has 1 atom stereocenters. The maximum Gasteiger partial charge on any atom is 0.311 e. The van der Waals surface area contributed by atoms with E-state index in [4.69, 9.17) is 0 Å². The van der Waals surface area contributed by atoms with E-state index < -0.39 is 22.3 Å². The van der Waals surface area contributed by atoms with Gasteiger partial charge in [0.1, 0.15) is 11.6 Å². The van der Waals surface area contributed by atoms with Crippen LogP contribution in [0.2, 0.25) is 0 Å². The lowest BCUT2D eigenvalue weighted by molar-refractivity contribution is -0.385. The molecule has 0 saturated carbocycles. The van der Waals surface area contributed by atoms with Crippen molar-refractivity contribution in [3.8, 4) is 11.8 Å². The average molecular weight is 337 g/mol. The van der Waals surface area contributed by atoms with Gasteiger partial charge in [-0.25, -0.2) is 0 Å². The highest BCUT2D eigenvalue weighted by Crippen LogP contribution is 2.27. The number of nitrogens with zero attached hydrogens (tertiary/aromatic N) is 2. The van der Waals surface area contributed by atoms with Crippen LogP contribution < -0.4 is 5.32 Å². The van der Waals surface area contributed by atoms with Crippen LogP contribution in [0.15, 0.2) is 54.1 Å². The van der Waals surface area contributed by atoms with Crippen LogP contribution in [0.4, 0.5) is 5.69 Å². The van der Waals surface area contributed by atoms with Crippen LogP contribution in [0, 0.1) is 21.4 Å². The number of nitro groups is 1. The van der Waals surface area contributed by atoms with Gasteiger partial charge in [0.15, 0.2) is 5.75 Å². The third kappa shape index (κ3) is 4.42. The number of phenols is 1. The lowest BCUT2D eigenvalue weighted by Crippen LogP contribution is -2.27. The fourth-order valence-corrected chi connectivity index (χ4v) is 2.19. The lowest BCUT2D eigenvalue weighted by Gasteiger charge is -2.13. The first kappa shape index (κ1) is 17.7. The number of rotatable bonds is 5. The summed E-state index contributed by atoms with van der Waals surface area (Å²) in [5, 5.41) is 32.2. The van der Waals surface area contributed by atoms with Gasteiger partial charge in [0, 0.05) is 6.07 Å². The lowest BCUT2D eigenvalue weighted by atomic mass is 10.1. The van der Waals surface area contributed by atoms with Crippen LogP contribution in [-0.4, -0.2) is 15.9 Å². The second kappa shape index (κ2) is 7.75. The maximum absolute atomic E-state index is 12.3. The minimum Gasteiger partial charge on any atom is -0.502 e. The number of nitro benzene ring substituents is 1. The molecule has 0 heterocycles. The minimum absolute atomic E-state index is 0.192. The fraction of sp³-hybridized carbons (Fsp3) is 0.111. The van der Waals surface area contributed by atoms with Crippen LogP contribution in [0.3, 0.4) is 0 Å². The molecule has 0 aliphatic heterocycles. The van der Waals surface area contributed by atoms with Crippen molar-refractivity contribution in [3.05, 3.63) is 75.3 Å². The summed E-state index contributed by atoms with van der Waals surface area (Å²) in [7, 11) is 0. The van der Waals surface area contributed by atoms with Crippen molar-refractivity contribution in [1.29, 1.82) is 5.26 Å². The molecule has 0 fully saturated rings. The van der Waals surface area contributed by atoms with Gasteiger partial charge in [-0.2, -0.15) is 5.26 Å². The molecule has 7 heteroatoms. The van der Waals surface area contributed by atoms with Crippen molar-refractivity contribution in [1.82, 2.24) is 5.32 Å². The van der Waals surface area contributed by atoms with Gasteiger partial charge in [0.05, 0.1) is 11.0 Å². The van der Waals surface area contributed by atoms with Crippen molar-refractivity contribution in [2.75, 3.05) is 0 Å². The summed E-state index contributed by atoms with van der Waals surface area (Å²) in [5.41, 5.74) is 0.462. The highest BCUT2D eigenvalue weighted by atomic mass is 16.6. The highest BCUT2D eigenvalue weighted by Gasteiger charge is 2.16. The summed E-state index contributed by atoms with van der Waals surface area (Å²) in [5.74, 6) is -1.07. The quantitative estimate of drug-likeness (QED) is 0.376. The third-order valence-electron chi connectivity index (χ3n) is 3.52. The monoisotopic (exact) mass is 337 g/mol. The molecule has 7 nitrogen and oxygen atoms in total. The fourth-order valence-electron chi connectivity index (χ4n) is 2.19. The molecule has 0 saturated heterocycles. The minimum atomic E-state index is -0.740. The van der Waals surface area contributed by atoms with Crippen molar-refractivity contribution in [2.24, 2.45) is 0 Å². The van der Waals surface area contributed by atoms with Crippen molar-refractivity contribution in [3.63, 3.8) is 0 Å². The van der Waals surface area contributed by atoms with Crippen LogP contribution in [0.5, 0.6) is 5.75 Å². The summed E-state index contributed by atoms with van der Waals surface area (Å²) in [4.78, 5) is 22.4. The number of benzene rings is 2. The zero-order valence-electron chi connectivity index (χ0n) is 13.3. The van der Waals surface area contributed by atoms with Crippen molar-refractivity contribution >= 4 is 17.7 Å². The number of aromatic hydroxyl groups is 1. The Hall–Kier alpha value is -3.66. The predicted molar refractivity (Wildman–Crippen MR) is 91.4 cm³/mol. The van der Waals surface area contributed by atoms with E-state index in [1.807, 2.05) is 30.3 Å². The van der Waals surface area contributed by atoms with Crippen LogP contribution in [-0.2, 0) is 4.79 Å². The first-order valence-corrected chi connectivity index (χ1v) is 7.37. The molecule has 0 bridgehead atoms. The van der Waals surface area contributed by atoms with E-state index in [1.54, 1.807) is 13.0 Å². The molecule has 1 amide bonds. The molecular weight excluding hydrogens is 322 g/mol. The van der Waals surface area contributed by atoms with Crippen molar-refractivity contribution < 1.29 is 14.8 Å². The van der Waals surface area contributed by atoms with Gasteiger partial charge < -0.3 is 10.4 Å². The summed E-state index contributed by atoms with van der Waals surface area (Å²) in [6.45, 7) is 1.79. The maximum atomic E-state index is 12.3. The molecule has 0 radical (unpaired) electrons. The molecule has 0 aliphatic carbocycles. The van der Waals surface area contributed by atoms with Gasteiger partial charge in [-0.3, -0.25) is 14.9 Å². The van der Waals surface area contributed by atoms with E-state index in [-0.39, 0.29) is 17.2 Å². The molecule has 0 spiro atoms. The Morgan fingerprint density at radius 3 is 2.60 bits per heavy atom. The molecule has 2 aromatic rings. The van der Waals surface area contributed by atoms with Crippen LogP contribution in [0.1, 0.15) is 24.1 Å². The van der Waals surface area contributed by atoms with E-state index in [1.165, 1.54) is 12.1 Å². The molecule has 0 aromatic heterocycles. The zero-order chi connectivity index (χ0) is 18.4. The van der Waals surface area contributed by atoms with Crippen LogP contribution in [0.25, 0.3) is 6.08 Å². The molecule has 2 aromatic carbocycles. The van der Waals surface area contributed by atoms with Gasteiger partial charge in [-0.05, 0) is 30.2 Å². The molecule has 126 valence electrons. The van der Waals surface area contributed by atoms with E-state index in [2.05, 4.69) is 5.32 Å². The van der Waals surface area contributed by atoms with Gasteiger partial charge in [0.25, 0.3) is 5.91 Å². The Labute approximate surface area is 144 Å². The summed E-state index contributed by atoms with van der Waals surface area (Å²) < 4.78 is 0. The van der Waals surface area contributed by atoms with E-state index in [0.717, 1.165) is 17.7 Å². The first-order chi connectivity index (χ1) is 11.9. The molecule has 0 unspecified atom stereocenters. The number of hydrogen-bond acceptors (Lipinski definition) is 5. The predicted octanol–water partition coefficient (Wildman–Crippen LogP) is 3.08. The van der Waals surface area contributed by atoms with Gasteiger partial charge in [-0.1, -0.05) is 36.4 Å². The third-order valence-corrected chi connectivity index (χ3v) is 3.52. The number of nitrogens with one attached hydrogen (secondary N) is 1. The standard InChI is InChI=1S/C18H15N3O4/c1-12(14-5-3-2-4-6-14)20-18(23)15(11-19)9-13-7-8-17(22)16(10-13)21(24)25/h2-10,12,22H,1H3,(H,20,23)/b15-9+/t12-/m1/s1. The largest absolute Gasteiger partial charge is 0.502 e. The Bertz CT molecular complexity index is 870. The molecule has 2 N–H and O–H groups in total. The Morgan fingerprint density at radius 1 is 1.32 bits per heavy atom. The number of carbonyl (C=O) groups excluding carboxylic acids is 1. The average Bonchev–Trinajstić information content (AvgIpc) is 2.61. The van der Waals surface area contributed by atoms with E-state index in [0.29, 0.717) is 0 Å². The highest BCUT2D eigenvalue weighted by molar-refractivity contribution is 6.01. The van der Waals surface area contributed by atoms with E-state index in [9.17, 15) is 25.3 Å². The number of nitriles is 1. The number of hydrogen-bond donors (Lipinski definition) is 2. The SMILES string of the molecule is C[C@@H](NC(=O)/C(C#N)=C/c1ccc(O)c([N+](=O)[O-])c1)c1ccccc1. The van der Waals surface area contributed by atoms with Crippen molar-refractivity contribution in [2.45, 2.75) is 13.0 Å². The first-order valence-electron chi connectivity index (χ1n) is 7.37. The molecule has 0 aliphatic rings. The van der Waals surface area contributed by atoms with Crippen LogP contribution >= 0.6 is 0 Å². The Balaban J connectivity index is 2.23. The Kier molecular flexibility index (Phi) is 5.48. The zero-order valence-corrected chi connectivity index (χ0v) is 13.3. The van der Waals surface area contributed by atoms with Gasteiger partial charge in [0.2, 0.25) is 0 Å². The molecule has 2 rings (SSSR count). The molecule has 25 heavy (non-hydrogen) atoms.